The molecule has 0 spiro atoms. The van der Waals surface area contributed by atoms with Crippen molar-refractivity contribution in [2.24, 2.45) is 11.8 Å². The highest BCUT2D eigenvalue weighted by molar-refractivity contribution is 5.87. The Labute approximate surface area is 168 Å². The minimum absolute atomic E-state index is 0.0710. The fourth-order valence-corrected chi connectivity index (χ4v) is 5.30. The van der Waals surface area contributed by atoms with Gasteiger partial charge in [0.05, 0.1) is 0 Å². The third kappa shape index (κ3) is 2.82. The van der Waals surface area contributed by atoms with Crippen LogP contribution in [0.25, 0.3) is 11.1 Å². The zero-order valence-corrected chi connectivity index (χ0v) is 15.8. The molecule has 6 nitrogen and oxygen atoms in total. The summed E-state index contributed by atoms with van der Waals surface area (Å²) in [5, 5.41) is 9.65. The van der Waals surface area contributed by atoms with E-state index in [0.717, 1.165) is 22.3 Å². The normalized spacial score (nSPS) is 24.9. The molecule has 1 aliphatic heterocycles. The fraction of sp³-hybridized carbons (Fsp3) is 0.348. The van der Waals surface area contributed by atoms with Crippen LogP contribution in [0.2, 0.25) is 0 Å². The van der Waals surface area contributed by atoms with E-state index in [1.54, 1.807) is 0 Å². The van der Waals surface area contributed by atoms with Crippen molar-refractivity contribution in [2.45, 2.75) is 24.8 Å². The van der Waals surface area contributed by atoms with E-state index in [-0.39, 0.29) is 43.1 Å². The van der Waals surface area contributed by atoms with E-state index in [9.17, 15) is 19.5 Å². The summed E-state index contributed by atoms with van der Waals surface area (Å²) in [5.41, 5.74) is 4.50. The van der Waals surface area contributed by atoms with Crippen molar-refractivity contribution in [2.75, 3.05) is 13.2 Å². The monoisotopic (exact) mass is 391 g/mol. The summed E-state index contributed by atoms with van der Waals surface area (Å²) in [5.74, 6) is -1.44. The molecule has 0 bridgehead atoms. The van der Waals surface area contributed by atoms with Gasteiger partial charge in [-0.05, 0) is 28.2 Å². The Morgan fingerprint density at radius 1 is 1.00 bits per heavy atom. The fourth-order valence-electron chi connectivity index (χ4n) is 5.30. The summed E-state index contributed by atoms with van der Waals surface area (Å²) >= 11 is 0. The van der Waals surface area contributed by atoms with E-state index in [2.05, 4.69) is 12.1 Å². The Morgan fingerprint density at radius 2 is 1.62 bits per heavy atom. The number of carboxylic acid groups (broad SMARTS) is 1. The maximum Gasteiger partial charge on any atom is 0.410 e. The summed E-state index contributed by atoms with van der Waals surface area (Å²) < 4.78 is 5.63. The number of benzene rings is 2. The molecule has 0 radical (unpaired) electrons. The number of hydrogen-bond acceptors (Lipinski definition) is 4. The SMILES string of the molecule is O=C1C[C@@H]2CN(C(=O)OCC3c4ccccc4-c4ccccc43)[C@H](C(=O)O)[C@@H]2C1. The van der Waals surface area contributed by atoms with Gasteiger partial charge in [0, 0.05) is 31.2 Å². The van der Waals surface area contributed by atoms with Gasteiger partial charge in [0.2, 0.25) is 0 Å². The largest absolute Gasteiger partial charge is 0.480 e. The number of carbonyl (C=O) groups is 3. The van der Waals surface area contributed by atoms with Gasteiger partial charge >= 0.3 is 12.1 Å². The van der Waals surface area contributed by atoms with Crippen molar-refractivity contribution < 1.29 is 24.2 Å². The second-order valence-corrected chi connectivity index (χ2v) is 8.11. The number of aliphatic carboxylic acids is 1. The number of carboxylic acids is 1. The van der Waals surface area contributed by atoms with Gasteiger partial charge in [-0.3, -0.25) is 9.69 Å². The highest BCUT2D eigenvalue weighted by atomic mass is 16.6. The van der Waals surface area contributed by atoms with Gasteiger partial charge in [-0.1, -0.05) is 48.5 Å². The van der Waals surface area contributed by atoms with Gasteiger partial charge < -0.3 is 9.84 Å². The van der Waals surface area contributed by atoms with Crippen LogP contribution in [-0.4, -0.2) is 47.0 Å². The topological polar surface area (TPSA) is 83.9 Å². The lowest BCUT2D eigenvalue weighted by molar-refractivity contribution is -0.143. The van der Waals surface area contributed by atoms with Crippen molar-refractivity contribution in [3.63, 3.8) is 0 Å². The number of fused-ring (bicyclic) bond motifs is 4. The van der Waals surface area contributed by atoms with Crippen LogP contribution in [0.1, 0.15) is 29.9 Å². The highest BCUT2D eigenvalue weighted by Crippen LogP contribution is 2.45. The van der Waals surface area contributed by atoms with Crippen LogP contribution in [0.15, 0.2) is 48.5 Å². The Morgan fingerprint density at radius 3 is 2.24 bits per heavy atom. The molecule has 148 valence electrons. The van der Waals surface area contributed by atoms with Crippen LogP contribution in [0.5, 0.6) is 0 Å². The molecule has 1 N–H and O–H groups in total. The summed E-state index contributed by atoms with van der Waals surface area (Å²) in [6.45, 7) is 0.425. The molecule has 6 heteroatoms. The summed E-state index contributed by atoms with van der Waals surface area (Å²) in [7, 11) is 0. The Bertz CT molecular complexity index is 970. The Balaban J connectivity index is 1.35. The smallest absolute Gasteiger partial charge is 0.410 e. The molecule has 2 aromatic rings. The van der Waals surface area contributed by atoms with E-state index in [1.807, 2.05) is 36.4 Å². The molecule has 1 amide bonds. The van der Waals surface area contributed by atoms with E-state index >= 15 is 0 Å². The predicted molar refractivity (Wildman–Crippen MR) is 104 cm³/mol. The van der Waals surface area contributed by atoms with Gasteiger partial charge in [0.15, 0.2) is 0 Å². The molecule has 1 heterocycles. The number of amides is 1. The number of rotatable bonds is 3. The molecular formula is C23H21NO5. The van der Waals surface area contributed by atoms with E-state index in [1.165, 1.54) is 4.90 Å². The molecule has 3 atom stereocenters. The number of Topliss-reactive ketones (excluding diaryl/α,β-unsaturated/α-hetero) is 1. The maximum absolute atomic E-state index is 12.8. The Hall–Kier alpha value is -3.15. The van der Waals surface area contributed by atoms with Gasteiger partial charge in [-0.25, -0.2) is 9.59 Å². The minimum Gasteiger partial charge on any atom is -0.480 e. The molecule has 3 aliphatic rings. The summed E-state index contributed by atoms with van der Waals surface area (Å²) in [6.07, 6.45) is -0.0303. The summed E-state index contributed by atoms with van der Waals surface area (Å²) in [6, 6.07) is 15.2. The second-order valence-electron chi connectivity index (χ2n) is 8.11. The van der Waals surface area contributed by atoms with Crippen LogP contribution in [0, 0.1) is 11.8 Å². The third-order valence-corrected chi connectivity index (χ3v) is 6.55. The van der Waals surface area contributed by atoms with Crippen LogP contribution in [-0.2, 0) is 14.3 Å². The van der Waals surface area contributed by atoms with Crippen molar-refractivity contribution in [3.05, 3.63) is 59.7 Å². The molecule has 1 saturated heterocycles. The molecule has 0 unspecified atom stereocenters. The molecule has 5 rings (SSSR count). The quantitative estimate of drug-likeness (QED) is 0.868. The van der Waals surface area contributed by atoms with E-state index in [4.69, 9.17) is 4.74 Å². The molecule has 2 fully saturated rings. The molecular weight excluding hydrogens is 370 g/mol. The van der Waals surface area contributed by atoms with Crippen LogP contribution in [0.4, 0.5) is 4.79 Å². The Kier molecular flexibility index (Phi) is 4.15. The van der Waals surface area contributed by atoms with Crippen LogP contribution < -0.4 is 0 Å². The van der Waals surface area contributed by atoms with Gasteiger partial charge in [-0.2, -0.15) is 0 Å². The first-order valence-electron chi connectivity index (χ1n) is 9.90. The van der Waals surface area contributed by atoms with Gasteiger partial charge in [-0.15, -0.1) is 0 Å². The van der Waals surface area contributed by atoms with E-state index in [0.29, 0.717) is 6.42 Å². The first kappa shape index (κ1) is 17.9. The van der Waals surface area contributed by atoms with Crippen molar-refractivity contribution in [1.29, 1.82) is 0 Å². The molecule has 29 heavy (non-hydrogen) atoms. The third-order valence-electron chi connectivity index (χ3n) is 6.55. The highest BCUT2D eigenvalue weighted by Gasteiger charge is 2.52. The van der Waals surface area contributed by atoms with Crippen LogP contribution in [0.3, 0.4) is 0 Å². The standard InChI is InChI=1S/C23H21NO5/c25-14-9-13-11-24(21(22(26)27)19(13)10-14)23(28)29-12-20-17-7-3-1-5-15(17)16-6-2-4-8-18(16)20/h1-8,13,19-21H,9-12H2,(H,26,27)/t13-,19-,21+/m1/s1. The lowest BCUT2D eigenvalue weighted by Gasteiger charge is -2.24. The molecule has 1 saturated carbocycles. The van der Waals surface area contributed by atoms with Crippen LogP contribution >= 0.6 is 0 Å². The lowest BCUT2D eigenvalue weighted by atomic mass is 9.94. The first-order valence-corrected chi connectivity index (χ1v) is 9.90. The number of carbonyl (C=O) groups excluding carboxylic acids is 2. The molecule has 2 aromatic carbocycles. The zero-order valence-electron chi connectivity index (χ0n) is 15.8. The summed E-state index contributed by atoms with van der Waals surface area (Å²) in [4.78, 5) is 37.6. The van der Waals surface area contributed by atoms with Crippen molar-refractivity contribution in [1.82, 2.24) is 4.90 Å². The predicted octanol–water partition coefficient (Wildman–Crippen LogP) is 3.30. The number of likely N-dealkylation sites (tertiary alicyclic amines) is 1. The average molecular weight is 391 g/mol. The van der Waals surface area contributed by atoms with Crippen molar-refractivity contribution in [3.8, 4) is 11.1 Å². The zero-order chi connectivity index (χ0) is 20.1. The first-order chi connectivity index (χ1) is 14.0. The second kappa shape index (κ2) is 6.72. The number of hydrogen-bond donors (Lipinski definition) is 1. The van der Waals surface area contributed by atoms with E-state index < -0.39 is 18.1 Å². The van der Waals surface area contributed by atoms with Crippen molar-refractivity contribution >= 4 is 17.8 Å². The number of ether oxygens (including phenoxy) is 1. The average Bonchev–Trinajstić information content (AvgIpc) is 3.34. The maximum atomic E-state index is 12.8. The molecule has 0 aromatic heterocycles. The lowest BCUT2D eigenvalue weighted by Crippen LogP contribution is -2.44. The van der Waals surface area contributed by atoms with Gasteiger partial charge in [0.25, 0.3) is 0 Å². The number of nitrogens with zero attached hydrogens (tertiary/aromatic N) is 1. The molecule has 2 aliphatic carbocycles. The van der Waals surface area contributed by atoms with Gasteiger partial charge in [0.1, 0.15) is 18.4 Å². The number of ketones is 1. The minimum atomic E-state index is -1.07.